The summed E-state index contributed by atoms with van der Waals surface area (Å²) in [7, 11) is -4.49. The van der Waals surface area contributed by atoms with Gasteiger partial charge in [-0.05, 0) is 29.3 Å². The number of carboxylic acids is 1. The maximum atomic E-state index is 12.8. The van der Waals surface area contributed by atoms with Crippen LogP contribution in [0.3, 0.4) is 0 Å². The van der Waals surface area contributed by atoms with E-state index in [2.05, 4.69) is 9.71 Å². The summed E-state index contributed by atoms with van der Waals surface area (Å²) in [6, 6.07) is 13.2. The van der Waals surface area contributed by atoms with E-state index >= 15 is 0 Å². The number of benzene rings is 2. The van der Waals surface area contributed by atoms with Gasteiger partial charge in [0.15, 0.2) is 5.75 Å². The number of hydrogen-bond acceptors (Lipinski definition) is 5. The summed E-state index contributed by atoms with van der Waals surface area (Å²) in [6.45, 7) is 0. The van der Waals surface area contributed by atoms with Crippen molar-refractivity contribution >= 4 is 45.0 Å². The van der Waals surface area contributed by atoms with Crippen LogP contribution in [-0.2, 0) is 10.0 Å². The second-order valence-electron chi connectivity index (χ2n) is 5.60. The Morgan fingerprint density at radius 1 is 1.04 bits per heavy atom. The number of aromatic nitrogens is 1. The number of anilines is 1. The zero-order valence-electron chi connectivity index (χ0n) is 13.9. The van der Waals surface area contributed by atoms with Crippen LogP contribution in [0.2, 0.25) is 10.0 Å². The van der Waals surface area contributed by atoms with Gasteiger partial charge >= 0.3 is 5.97 Å². The zero-order valence-corrected chi connectivity index (χ0v) is 16.3. The van der Waals surface area contributed by atoms with Crippen LogP contribution in [0.25, 0.3) is 11.1 Å². The van der Waals surface area contributed by atoms with Gasteiger partial charge in [-0.3, -0.25) is 4.72 Å². The number of phenolic OH excluding ortho intramolecular Hbond substituents is 1. The molecule has 144 valence electrons. The quantitative estimate of drug-likeness (QED) is 0.547. The zero-order chi connectivity index (χ0) is 20.5. The molecule has 0 aliphatic rings. The lowest BCUT2D eigenvalue weighted by molar-refractivity contribution is 0.0697. The fourth-order valence-corrected chi connectivity index (χ4v) is 4.47. The molecule has 0 saturated heterocycles. The molecule has 3 aromatic rings. The molecule has 7 nitrogen and oxygen atoms in total. The Kier molecular flexibility index (Phi) is 5.46. The van der Waals surface area contributed by atoms with E-state index in [1.54, 1.807) is 6.07 Å². The van der Waals surface area contributed by atoms with Crippen LogP contribution >= 0.6 is 23.2 Å². The van der Waals surface area contributed by atoms with Gasteiger partial charge in [-0.25, -0.2) is 18.2 Å². The molecule has 0 radical (unpaired) electrons. The van der Waals surface area contributed by atoms with Crippen molar-refractivity contribution in [3.63, 3.8) is 0 Å². The number of phenols is 1. The summed E-state index contributed by atoms with van der Waals surface area (Å²) >= 11 is 11.7. The number of rotatable bonds is 5. The predicted molar refractivity (Wildman–Crippen MR) is 106 cm³/mol. The van der Waals surface area contributed by atoms with Crippen LogP contribution in [-0.4, -0.2) is 29.6 Å². The number of carboxylic acid groups (broad SMARTS) is 1. The lowest BCUT2D eigenvalue weighted by atomic mass is 10.1. The van der Waals surface area contributed by atoms with Crippen LogP contribution in [0.5, 0.6) is 5.75 Å². The number of hydrogen-bond donors (Lipinski definition) is 3. The maximum absolute atomic E-state index is 12.8. The van der Waals surface area contributed by atoms with Crippen molar-refractivity contribution in [2.45, 2.75) is 4.90 Å². The fraction of sp³-hybridized carbons (Fsp3) is 0. The summed E-state index contributed by atoms with van der Waals surface area (Å²) in [5.41, 5.74) is 0.971. The highest BCUT2D eigenvalue weighted by Crippen LogP contribution is 2.40. The Morgan fingerprint density at radius 2 is 1.71 bits per heavy atom. The van der Waals surface area contributed by atoms with E-state index in [4.69, 9.17) is 23.2 Å². The average Bonchev–Trinajstić information content (AvgIpc) is 2.65. The number of carbonyl (C=O) groups is 1. The first-order valence-corrected chi connectivity index (χ1v) is 9.93. The van der Waals surface area contributed by atoms with Crippen LogP contribution < -0.4 is 4.72 Å². The topological polar surface area (TPSA) is 117 Å². The maximum Gasteiger partial charge on any atom is 0.337 e. The van der Waals surface area contributed by atoms with Gasteiger partial charge in [0.2, 0.25) is 0 Å². The van der Waals surface area contributed by atoms with Crippen molar-refractivity contribution < 1.29 is 23.4 Å². The number of pyridine rings is 1. The van der Waals surface area contributed by atoms with Crippen molar-refractivity contribution in [1.29, 1.82) is 0 Å². The molecular weight excluding hydrogens is 427 g/mol. The number of sulfonamides is 1. The normalized spacial score (nSPS) is 11.2. The highest BCUT2D eigenvalue weighted by Gasteiger charge is 2.29. The van der Waals surface area contributed by atoms with Crippen molar-refractivity contribution in [2.24, 2.45) is 0 Å². The van der Waals surface area contributed by atoms with Gasteiger partial charge in [0.1, 0.15) is 10.7 Å². The second kappa shape index (κ2) is 7.67. The molecule has 0 saturated carbocycles. The largest absolute Gasteiger partial charge is 0.505 e. The standard InChI is InChI=1S/C18H12Cl2N2O5S/c19-13-9-12(18(24)25)15(20)17(16(13)23)28(26,27)22-14-8-11(6-7-21-14)10-4-2-1-3-5-10/h1-9,23H,(H,21,22)(H,24,25). The first-order valence-electron chi connectivity index (χ1n) is 7.69. The number of nitrogens with one attached hydrogen (secondary N) is 1. The summed E-state index contributed by atoms with van der Waals surface area (Å²) in [5.74, 6) is -2.40. The van der Waals surface area contributed by atoms with Gasteiger partial charge in [0.05, 0.1) is 15.6 Å². The van der Waals surface area contributed by atoms with Crippen molar-refractivity contribution in [2.75, 3.05) is 4.72 Å². The molecule has 0 bridgehead atoms. The summed E-state index contributed by atoms with van der Waals surface area (Å²) in [6.07, 6.45) is 1.41. The van der Waals surface area contributed by atoms with Gasteiger partial charge < -0.3 is 10.2 Å². The van der Waals surface area contributed by atoms with E-state index < -0.39 is 42.2 Å². The van der Waals surface area contributed by atoms with Crippen LogP contribution in [0.4, 0.5) is 5.82 Å². The molecule has 0 spiro atoms. The molecule has 3 rings (SSSR count). The molecule has 0 fully saturated rings. The van der Waals surface area contributed by atoms with E-state index in [-0.39, 0.29) is 5.82 Å². The van der Waals surface area contributed by atoms with Crippen molar-refractivity contribution in [3.05, 3.63) is 70.3 Å². The van der Waals surface area contributed by atoms with E-state index in [1.165, 1.54) is 12.3 Å². The molecule has 10 heteroatoms. The molecule has 0 atom stereocenters. The first kappa shape index (κ1) is 19.9. The Hall–Kier alpha value is -2.81. The average molecular weight is 439 g/mol. The number of aromatic carboxylic acids is 1. The van der Waals surface area contributed by atoms with Gasteiger partial charge in [-0.15, -0.1) is 0 Å². The summed E-state index contributed by atoms with van der Waals surface area (Å²) in [4.78, 5) is 14.4. The van der Waals surface area contributed by atoms with Gasteiger partial charge in [-0.1, -0.05) is 53.5 Å². The Bertz CT molecular complexity index is 1170. The van der Waals surface area contributed by atoms with Crippen LogP contribution in [0.15, 0.2) is 59.6 Å². The Labute approximate surface area is 170 Å². The van der Waals surface area contributed by atoms with Gasteiger partial charge in [0, 0.05) is 6.20 Å². The van der Waals surface area contributed by atoms with Gasteiger partial charge in [-0.2, -0.15) is 0 Å². The third-order valence-corrected chi connectivity index (χ3v) is 5.96. The lowest BCUT2D eigenvalue weighted by Crippen LogP contribution is -2.16. The first-order chi connectivity index (χ1) is 13.2. The van der Waals surface area contributed by atoms with Crippen molar-refractivity contribution in [1.82, 2.24) is 4.98 Å². The highest BCUT2D eigenvalue weighted by molar-refractivity contribution is 7.93. The van der Waals surface area contributed by atoms with E-state index in [1.807, 2.05) is 30.3 Å². The molecule has 1 aromatic heterocycles. The van der Waals surface area contributed by atoms with Gasteiger partial charge in [0.25, 0.3) is 10.0 Å². The van der Waals surface area contributed by atoms with Crippen LogP contribution in [0, 0.1) is 0 Å². The predicted octanol–water partition coefficient (Wildman–Crippen LogP) is 4.26. The minimum Gasteiger partial charge on any atom is -0.505 e. The highest BCUT2D eigenvalue weighted by atomic mass is 35.5. The SMILES string of the molecule is O=C(O)c1cc(Cl)c(O)c(S(=O)(=O)Nc2cc(-c3ccccc3)ccn2)c1Cl. The molecule has 0 amide bonds. The molecule has 3 N–H and O–H groups in total. The van der Waals surface area contributed by atoms with E-state index in [9.17, 15) is 23.4 Å². The monoisotopic (exact) mass is 438 g/mol. The van der Waals surface area contributed by atoms with Crippen LogP contribution in [0.1, 0.15) is 10.4 Å². The number of nitrogens with zero attached hydrogens (tertiary/aromatic N) is 1. The number of aromatic hydroxyl groups is 1. The minimum atomic E-state index is -4.49. The molecular formula is C18H12Cl2N2O5S. The Morgan fingerprint density at radius 3 is 2.36 bits per heavy atom. The fourth-order valence-electron chi connectivity index (χ4n) is 2.48. The molecule has 0 aliphatic heterocycles. The third-order valence-electron chi connectivity index (χ3n) is 3.75. The van der Waals surface area contributed by atoms with E-state index in [0.29, 0.717) is 5.56 Å². The second-order valence-corrected chi connectivity index (χ2v) is 8.01. The molecule has 1 heterocycles. The molecule has 28 heavy (non-hydrogen) atoms. The third kappa shape index (κ3) is 3.89. The lowest BCUT2D eigenvalue weighted by Gasteiger charge is -2.13. The Balaban J connectivity index is 2.06. The number of halogens is 2. The molecule has 2 aromatic carbocycles. The smallest absolute Gasteiger partial charge is 0.337 e. The molecule has 0 unspecified atom stereocenters. The van der Waals surface area contributed by atoms with Crippen molar-refractivity contribution in [3.8, 4) is 16.9 Å². The van der Waals surface area contributed by atoms with E-state index in [0.717, 1.165) is 11.6 Å². The summed E-state index contributed by atoms with van der Waals surface area (Å²) < 4.78 is 27.7. The summed E-state index contributed by atoms with van der Waals surface area (Å²) in [5, 5.41) is 18.1. The molecule has 0 aliphatic carbocycles. The minimum absolute atomic E-state index is 0.0475.